The van der Waals surface area contributed by atoms with Crippen LogP contribution in [0.1, 0.15) is 20.8 Å². The molecule has 0 aromatic rings. The highest BCUT2D eigenvalue weighted by Crippen LogP contribution is 2.02. The lowest BCUT2D eigenvalue weighted by molar-refractivity contribution is -0.161. The number of ether oxygens (including phenoxy) is 2. The summed E-state index contributed by atoms with van der Waals surface area (Å²) < 4.78 is 9.04. The van der Waals surface area contributed by atoms with E-state index in [0.29, 0.717) is 0 Å². The number of hydrogen-bond acceptors (Lipinski definition) is 5. The summed E-state index contributed by atoms with van der Waals surface area (Å²) in [4.78, 5) is 33.1. The van der Waals surface area contributed by atoms with E-state index in [0.717, 1.165) is 0 Å². The van der Waals surface area contributed by atoms with E-state index >= 15 is 0 Å². The van der Waals surface area contributed by atoms with E-state index in [2.05, 4.69) is 9.47 Å². The summed E-state index contributed by atoms with van der Waals surface area (Å²) in [6, 6.07) is 0. The van der Waals surface area contributed by atoms with Gasteiger partial charge >= 0.3 is 11.9 Å². The number of carbonyl (C=O) groups is 3. The Morgan fingerprint density at radius 1 is 1.07 bits per heavy atom. The summed E-state index contributed by atoms with van der Waals surface area (Å²) in [5.41, 5.74) is 0. The van der Waals surface area contributed by atoms with Crippen molar-refractivity contribution in [2.45, 2.75) is 20.8 Å². The third-order valence-corrected chi connectivity index (χ3v) is 1.51. The van der Waals surface area contributed by atoms with Gasteiger partial charge in [-0.3, -0.25) is 9.59 Å². The van der Waals surface area contributed by atoms with Crippen molar-refractivity contribution in [2.75, 3.05) is 13.2 Å². The van der Waals surface area contributed by atoms with Crippen molar-refractivity contribution in [3.8, 4) is 0 Å². The Bertz CT molecular complexity index is 233. The molecule has 0 bridgehead atoms. The average molecular weight is 203 g/mol. The monoisotopic (exact) mass is 203 g/mol. The quantitative estimate of drug-likeness (QED) is 0.278. The first-order valence-corrected chi connectivity index (χ1v) is 4.42. The maximum Gasteiger partial charge on any atom is 0.375 e. The van der Waals surface area contributed by atoms with Crippen LogP contribution >= 0.6 is 0 Å². The Labute approximate surface area is 82.4 Å². The molecule has 0 aliphatic heterocycles. The number of Topliss-reactive ketones (excluding diaryl/α,β-unsaturated/α-hetero) is 1. The average Bonchev–Trinajstić information content (AvgIpc) is 2.16. The lowest BCUT2D eigenvalue weighted by Crippen LogP contribution is -2.30. The smallest absolute Gasteiger partial charge is 0.375 e. The van der Waals surface area contributed by atoms with Crippen molar-refractivity contribution in [3.63, 3.8) is 0 Å². The molecule has 0 spiro atoms. The molecular weight excluding hydrogens is 189 g/mol. The Morgan fingerprint density at radius 3 is 2.00 bits per heavy atom. The summed E-state index contributed by atoms with van der Waals surface area (Å²) in [6.07, 6.45) is 0. The summed E-state index contributed by atoms with van der Waals surface area (Å²) >= 11 is 0. The van der Waals surface area contributed by atoms with E-state index in [1.807, 2.05) is 0 Å². The first kappa shape index (κ1) is 12.6. The van der Waals surface area contributed by atoms with Crippen molar-refractivity contribution >= 4 is 17.7 Å². The van der Waals surface area contributed by atoms with Crippen LogP contribution in [0.15, 0.2) is 0 Å². The van der Waals surface area contributed by atoms with Crippen LogP contribution in [-0.4, -0.2) is 30.9 Å². The summed E-state index contributed by atoms with van der Waals surface area (Å²) in [7, 11) is 0. The summed E-state index contributed by atoms with van der Waals surface area (Å²) in [5.74, 6) is -3.65. The van der Waals surface area contributed by atoms with Gasteiger partial charge in [0.05, 0.1) is 13.2 Å². The minimum Gasteiger partial charge on any atom is -0.465 e. The van der Waals surface area contributed by atoms with Gasteiger partial charge in [0.25, 0.3) is 5.78 Å². The molecule has 1 atom stereocenters. The predicted molar refractivity (Wildman–Crippen MR) is 47.4 cm³/mol. The number of carbonyl (C=O) groups excluding carboxylic acids is 3. The molecule has 0 N–H and O–H groups in total. The minimum absolute atomic E-state index is 0.111. The fourth-order valence-corrected chi connectivity index (χ4v) is 0.753. The lowest BCUT2D eigenvalue weighted by atomic mass is 10.2. The van der Waals surface area contributed by atoms with E-state index in [-0.39, 0.29) is 13.2 Å². The number of esters is 2. The molecule has 5 heteroatoms. The zero-order chi connectivity index (χ0) is 11.1. The zero-order valence-electron chi connectivity index (χ0n) is 8.53. The molecular formula is C9H14O5. The van der Waals surface area contributed by atoms with E-state index in [4.69, 9.17) is 0 Å². The molecule has 0 aliphatic carbocycles. The first-order chi connectivity index (χ1) is 6.54. The molecule has 1 unspecified atom stereocenters. The Balaban J connectivity index is 4.24. The molecule has 0 heterocycles. The van der Waals surface area contributed by atoms with Crippen LogP contribution in [0.5, 0.6) is 0 Å². The van der Waals surface area contributed by atoms with Gasteiger partial charge in [0.15, 0.2) is 0 Å². The van der Waals surface area contributed by atoms with Crippen LogP contribution in [0.3, 0.4) is 0 Å². The maximum absolute atomic E-state index is 11.2. The Kier molecular flexibility index (Phi) is 5.52. The fourth-order valence-electron chi connectivity index (χ4n) is 0.753. The number of hydrogen-bond donors (Lipinski definition) is 0. The summed E-state index contributed by atoms with van der Waals surface area (Å²) in [5, 5.41) is 0. The van der Waals surface area contributed by atoms with Gasteiger partial charge in [-0.25, -0.2) is 4.79 Å². The van der Waals surface area contributed by atoms with Crippen molar-refractivity contribution in [2.24, 2.45) is 5.92 Å². The third kappa shape index (κ3) is 3.55. The van der Waals surface area contributed by atoms with Gasteiger partial charge in [-0.05, 0) is 20.8 Å². The predicted octanol–water partition coefficient (Wildman–Crippen LogP) is 0.318. The number of rotatable bonds is 5. The van der Waals surface area contributed by atoms with Crippen LogP contribution < -0.4 is 0 Å². The molecule has 0 fully saturated rings. The normalized spacial score (nSPS) is 11.6. The molecule has 0 radical (unpaired) electrons. The van der Waals surface area contributed by atoms with Crippen molar-refractivity contribution in [3.05, 3.63) is 0 Å². The van der Waals surface area contributed by atoms with Crippen LogP contribution in [0.2, 0.25) is 0 Å². The van der Waals surface area contributed by atoms with E-state index in [9.17, 15) is 14.4 Å². The molecule has 14 heavy (non-hydrogen) atoms. The van der Waals surface area contributed by atoms with Gasteiger partial charge in [-0.1, -0.05) is 0 Å². The topological polar surface area (TPSA) is 69.7 Å². The number of ketones is 1. The van der Waals surface area contributed by atoms with Crippen molar-refractivity contribution in [1.82, 2.24) is 0 Å². The Hall–Kier alpha value is -1.39. The van der Waals surface area contributed by atoms with Crippen LogP contribution in [0, 0.1) is 5.92 Å². The van der Waals surface area contributed by atoms with E-state index in [1.54, 1.807) is 13.8 Å². The van der Waals surface area contributed by atoms with Crippen LogP contribution in [-0.2, 0) is 23.9 Å². The van der Waals surface area contributed by atoms with E-state index < -0.39 is 23.6 Å². The Morgan fingerprint density at radius 2 is 1.57 bits per heavy atom. The molecule has 0 saturated heterocycles. The third-order valence-electron chi connectivity index (χ3n) is 1.51. The molecule has 5 nitrogen and oxygen atoms in total. The second kappa shape index (κ2) is 6.12. The van der Waals surface area contributed by atoms with Crippen molar-refractivity contribution < 1.29 is 23.9 Å². The van der Waals surface area contributed by atoms with Gasteiger partial charge < -0.3 is 9.47 Å². The highest BCUT2D eigenvalue weighted by molar-refractivity contribution is 6.37. The SMILES string of the molecule is CCOC(=O)C(=O)C(C)[13C](=O)OCC. The first-order valence-electron chi connectivity index (χ1n) is 4.42. The molecule has 0 aromatic carbocycles. The molecule has 0 rings (SSSR count). The van der Waals surface area contributed by atoms with Gasteiger partial charge in [-0.2, -0.15) is 0 Å². The molecule has 0 aromatic heterocycles. The molecule has 0 aliphatic rings. The van der Waals surface area contributed by atoms with Crippen LogP contribution in [0.4, 0.5) is 0 Å². The van der Waals surface area contributed by atoms with Crippen LogP contribution in [0.25, 0.3) is 0 Å². The minimum atomic E-state index is -1.09. The second-order valence-electron chi connectivity index (χ2n) is 2.56. The van der Waals surface area contributed by atoms with Gasteiger partial charge in [0.2, 0.25) is 0 Å². The van der Waals surface area contributed by atoms with E-state index in [1.165, 1.54) is 6.92 Å². The molecule has 0 amide bonds. The lowest BCUT2D eigenvalue weighted by Gasteiger charge is -2.07. The largest absolute Gasteiger partial charge is 0.465 e. The van der Waals surface area contributed by atoms with Crippen molar-refractivity contribution in [1.29, 1.82) is 0 Å². The fraction of sp³-hybridized carbons (Fsp3) is 0.667. The highest BCUT2D eigenvalue weighted by atomic mass is 16.6. The van der Waals surface area contributed by atoms with Gasteiger partial charge in [0, 0.05) is 0 Å². The summed E-state index contributed by atoms with van der Waals surface area (Å²) in [6.45, 7) is 4.82. The highest BCUT2D eigenvalue weighted by Gasteiger charge is 2.29. The molecule has 80 valence electrons. The molecule has 0 saturated carbocycles. The zero-order valence-corrected chi connectivity index (χ0v) is 8.53. The standard InChI is InChI=1S/C9H14O5/c1-4-13-8(11)6(3)7(10)9(12)14-5-2/h6H,4-5H2,1-3H3/i8+1. The van der Waals surface area contributed by atoms with Gasteiger partial charge in [0.1, 0.15) is 5.92 Å². The second-order valence-corrected chi connectivity index (χ2v) is 2.56. The maximum atomic E-state index is 11.2. The van der Waals surface area contributed by atoms with Gasteiger partial charge in [-0.15, -0.1) is 0 Å².